The summed E-state index contributed by atoms with van der Waals surface area (Å²) >= 11 is 0. The molecular weight excluding hydrogens is 314 g/mol. The lowest BCUT2D eigenvalue weighted by molar-refractivity contribution is 0.252. The molecule has 0 aliphatic rings. The van der Waals surface area contributed by atoms with Crippen LogP contribution >= 0.6 is 0 Å². The molecule has 2 rings (SSSR count). The average Bonchev–Trinajstić information content (AvgIpc) is 2.58. The smallest absolute Gasteiger partial charge is 0.319 e. The first-order valence-electron chi connectivity index (χ1n) is 7.22. The Morgan fingerprint density at radius 2 is 1.71 bits per heavy atom. The van der Waals surface area contributed by atoms with Gasteiger partial charge in [0.05, 0.1) is 6.61 Å². The second-order valence-electron chi connectivity index (χ2n) is 5.06. The zero-order valence-electron chi connectivity index (χ0n) is 12.8. The number of carbonyl (C=O) groups excluding carboxylic acids is 1. The summed E-state index contributed by atoms with van der Waals surface area (Å²) < 4.78 is 27.4. The fraction of sp³-hybridized carbons (Fsp3) is 0.167. The first-order valence-corrected chi connectivity index (χ1v) is 7.22. The molecule has 0 radical (unpaired) electrons. The van der Waals surface area contributed by atoms with Gasteiger partial charge in [0.1, 0.15) is 5.69 Å². The number of hydrogen-bond donors (Lipinski definition) is 3. The minimum Gasteiger partial charge on any atom is -0.392 e. The Hall–Kier alpha value is -2.91. The molecule has 0 heterocycles. The number of halogens is 2. The number of amides is 2. The van der Waals surface area contributed by atoms with Crippen molar-refractivity contribution < 1.29 is 18.7 Å². The largest absolute Gasteiger partial charge is 0.392 e. The quantitative estimate of drug-likeness (QED) is 0.738. The van der Waals surface area contributed by atoms with Crippen LogP contribution in [0.3, 0.4) is 0 Å². The number of carbonyl (C=O) groups is 1. The van der Waals surface area contributed by atoms with E-state index in [0.717, 1.165) is 23.3 Å². The summed E-state index contributed by atoms with van der Waals surface area (Å²) in [5.41, 5.74) is 1.27. The van der Waals surface area contributed by atoms with Gasteiger partial charge >= 0.3 is 6.03 Å². The van der Waals surface area contributed by atoms with Gasteiger partial charge in [-0.3, -0.25) is 0 Å². The summed E-state index contributed by atoms with van der Waals surface area (Å²) in [6.07, 6.45) is 5.62. The number of aliphatic hydroxyl groups is 1. The predicted molar refractivity (Wildman–Crippen MR) is 87.4 cm³/mol. The van der Waals surface area contributed by atoms with Crippen molar-refractivity contribution in [3.63, 3.8) is 0 Å². The number of nitrogens with one attached hydrogen (secondary N) is 2. The molecule has 0 atom stereocenters. The second-order valence-corrected chi connectivity index (χ2v) is 5.06. The molecule has 2 aromatic carbocycles. The van der Waals surface area contributed by atoms with Crippen LogP contribution in [0.2, 0.25) is 0 Å². The molecule has 0 bridgehead atoms. The Morgan fingerprint density at radius 1 is 1.12 bits per heavy atom. The van der Waals surface area contributed by atoms with E-state index in [9.17, 15) is 13.6 Å². The van der Waals surface area contributed by atoms with Crippen LogP contribution in [0.15, 0.2) is 36.4 Å². The summed E-state index contributed by atoms with van der Waals surface area (Å²) in [5, 5.41) is 13.6. The van der Waals surface area contributed by atoms with Gasteiger partial charge in [0.2, 0.25) is 0 Å². The molecule has 4 nitrogen and oxygen atoms in total. The predicted octanol–water partition coefficient (Wildman–Crippen LogP) is 2.80. The number of benzene rings is 2. The minimum atomic E-state index is -0.933. The summed E-state index contributed by atoms with van der Waals surface area (Å²) in [7, 11) is 0. The standard InChI is InChI=1S/C18H16F2N2O2/c1-2-12-9-15(19)17(16(20)10-12)22-18(24)21-8-7-13-3-5-14(11-23)6-4-13/h1,3-6,9-10,23H,7-8,11H2,(H2,21,22,24). The van der Waals surface area contributed by atoms with Crippen LogP contribution in [-0.4, -0.2) is 17.7 Å². The van der Waals surface area contributed by atoms with Gasteiger partial charge < -0.3 is 15.7 Å². The molecule has 0 aliphatic carbocycles. The van der Waals surface area contributed by atoms with Gasteiger partial charge in [-0.15, -0.1) is 6.42 Å². The van der Waals surface area contributed by atoms with Crippen molar-refractivity contribution >= 4 is 11.7 Å². The number of urea groups is 1. The fourth-order valence-corrected chi connectivity index (χ4v) is 2.07. The SMILES string of the molecule is C#Cc1cc(F)c(NC(=O)NCCc2ccc(CO)cc2)c(F)c1. The van der Waals surface area contributed by atoms with Crippen LogP contribution in [0.1, 0.15) is 16.7 Å². The van der Waals surface area contributed by atoms with Crippen LogP contribution < -0.4 is 10.6 Å². The van der Waals surface area contributed by atoms with E-state index in [2.05, 4.69) is 16.6 Å². The maximum absolute atomic E-state index is 13.7. The number of anilines is 1. The van der Waals surface area contributed by atoms with Crippen molar-refractivity contribution in [3.05, 3.63) is 64.7 Å². The van der Waals surface area contributed by atoms with Crippen LogP contribution in [0.4, 0.5) is 19.3 Å². The lowest BCUT2D eigenvalue weighted by Gasteiger charge is -2.10. The van der Waals surface area contributed by atoms with Gasteiger partial charge in [-0.05, 0) is 29.7 Å². The molecule has 0 aromatic heterocycles. The third-order valence-electron chi connectivity index (χ3n) is 3.35. The third-order valence-corrected chi connectivity index (χ3v) is 3.35. The van der Waals surface area contributed by atoms with Crippen molar-refractivity contribution in [1.82, 2.24) is 5.32 Å². The summed E-state index contributed by atoms with van der Waals surface area (Å²) in [5.74, 6) is 0.260. The molecule has 124 valence electrons. The van der Waals surface area contributed by atoms with Crippen molar-refractivity contribution in [2.45, 2.75) is 13.0 Å². The van der Waals surface area contributed by atoms with Crippen LogP contribution in [0, 0.1) is 24.0 Å². The zero-order valence-corrected chi connectivity index (χ0v) is 12.8. The maximum atomic E-state index is 13.7. The Bertz CT molecular complexity index is 745. The highest BCUT2D eigenvalue weighted by atomic mass is 19.1. The summed E-state index contributed by atoms with van der Waals surface area (Å²) in [6.45, 7) is 0.256. The molecule has 2 amide bonds. The average molecular weight is 330 g/mol. The second kappa shape index (κ2) is 8.09. The highest BCUT2D eigenvalue weighted by Gasteiger charge is 2.13. The molecule has 24 heavy (non-hydrogen) atoms. The van der Waals surface area contributed by atoms with Crippen molar-refractivity contribution in [2.75, 3.05) is 11.9 Å². The minimum absolute atomic E-state index is 0.0312. The molecule has 0 saturated carbocycles. The Morgan fingerprint density at radius 3 is 2.25 bits per heavy atom. The van der Waals surface area contributed by atoms with Crippen LogP contribution in [-0.2, 0) is 13.0 Å². The van der Waals surface area contributed by atoms with E-state index in [1.807, 2.05) is 12.1 Å². The third kappa shape index (κ3) is 4.54. The van der Waals surface area contributed by atoms with E-state index in [4.69, 9.17) is 11.5 Å². The molecule has 0 unspecified atom stereocenters. The molecule has 0 spiro atoms. The first-order chi connectivity index (χ1) is 11.5. The summed E-state index contributed by atoms with van der Waals surface area (Å²) in [4.78, 5) is 11.7. The van der Waals surface area contributed by atoms with Gasteiger partial charge in [-0.25, -0.2) is 13.6 Å². The number of hydrogen-bond acceptors (Lipinski definition) is 2. The first kappa shape index (κ1) is 17.4. The van der Waals surface area contributed by atoms with E-state index in [1.54, 1.807) is 12.1 Å². The monoisotopic (exact) mass is 330 g/mol. The summed E-state index contributed by atoms with van der Waals surface area (Å²) in [6, 6.07) is 8.48. The maximum Gasteiger partial charge on any atom is 0.319 e. The number of aliphatic hydroxyl groups excluding tert-OH is 1. The van der Waals surface area contributed by atoms with E-state index >= 15 is 0 Å². The van der Waals surface area contributed by atoms with Crippen LogP contribution in [0.25, 0.3) is 0 Å². The Labute approximate surface area is 138 Å². The number of rotatable bonds is 5. The van der Waals surface area contributed by atoms with E-state index in [0.29, 0.717) is 6.42 Å². The van der Waals surface area contributed by atoms with Gasteiger partial charge in [0, 0.05) is 12.1 Å². The van der Waals surface area contributed by atoms with Crippen molar-refractivity contribution in [2.24, 2.45) is 0 Å². The zero-order chi connectivity index (χ0) is 17.5. The normalized spacial score (nSPS) is 10.1. The highest BCUT2D eigenvalue weighted by Crippen LogP contribution is 2.20. The van der Waals surface area contributed by atoms with Gasteiger partial charge in [0.15, 0.2) is 11.6 Å². The van der Waals surface area contributed by atoms with E-state index in [1.165, 1.54) is 0 Å². The van der Waals surface area contributed by atoms with Gasteiger partial charge in [-0.2, -0.15) is 0 Å². The lowest BCUT2D eigenvalue weighted by Crippen LogP contribution is -2.31. The van der Waals surface area contributed by atoms with Crippen LogP contribution in [0.5, 0.6) is 0 Å². The molecule has 0 aliphatic heterocycles. The topological polar surface area (TPSA) is 61.4 Å². The molecule has 0 fully saturated rings. The number of terminal acetylenes is 1. The van der Waals surface area contributed by atoms with Crippen molar-refractivity contribution in [3.8, 4) is 12.3 Å². The lowest BCUT2D eigenvalue weighted by atomic mass is 10.1. The molecule has 2 aromatic rings. The van der Waals surface area contributed by atoms with E-state index < -0.39 is 23.4 Å². The fourth-order valence-electron chi connectivity index (χ4n) is 2.07. The molecule has 3 N–H and O–H groups in total. The van der Waals surface area contributed by atoms with Crippen molar-refractivity contribution in [1.29, 1.82) is 0 Å². The molecular formula is C18H16F2N2O2. The molecule has 0 saturated heterocycles. The van der Waals surface area contributed by atoms with Gasteiger partial charge in [-0.1, -0.05) is 30.2 Å². The van der Waals surface area contributed by atoms with Gasteiger partial charge in [0.25, 0.3) is 0 Å². The molecule has 6 heteroatoms. The van der Waals surface area contributed by atoms with E-state index in [-0.39, 0.29) is 18.7 Å². The Balaban J connectivity index is 1.88. The highest BCUT2D eigenvalue weighted by molar-refractivity contribution is 5.89. The Kier molecular flexibility index (Phi) is 5.88.